The zero-order chi connectivity index (χ0) is 30.7. The van der Waals surface area contributed by atoms with Crippen molar-refractivity contribution in [2.24, 2.45) is 17.6 Å². The summed E-state index contributed by atoms with van der Waals surface area (Å²) in [6, 6.07) is -0.411. The first-order chi connectivity index (χ1) is 20.1. The molecule has 12 nitrogen and oxygen atoms in total. The van der Waals surface area contributed by atoms with E-state index in [4.69, 9.17) is 29.4 Å². The summed E-state index contributed by atoms with van der Waals surface area (Å²) in [5.74, 6) is -0.145. The van der Waals surface area contributed by atoms with Crippen LogP contribution in [-0.4, -0.2) is 94.1 Å². The molecule has 240 valence electrons. The van der Waals surface area contributed by atoms with E-state index in [1.54, 1.807) is 7.11 Å². The normalized spacial score (nSPS) is 28.5. The zero-order valence-corrected chi connectivity index (χ0v) is 25.9. The third-order valence-electron chi connectivity index (χ3n) is 8.34. The minimum absolute atomic E-state index is 0.0000422. The topological polar surface area (TPSA) is 166 Å². The lowest BCUT2D eigenvalue weighted by molar-refractivity contribution is -0.119. The fourth-order valence-electron chi connectivity index (χ4n) is 5.64. The van der Waals surface area contributed by atoms with Crippen molar-refractivity contribution in [3.8, 4) is 0 Å². The summed E-state index contributed by atoms with van der Waals surface area (Å²) in [4.78, 5) is 36.3. The van der Waals surface area contributed by atoms with E-state index >= 15 is 0 Å². The van der Waals surface area contributed by atoms with Crippen LogP contribution in [0.2, 0.25) is 0 Å². The highest BCUT2D eigenvalue weighted by molar-refractivity contribution is 5.77. The van der Waals surface area contributed by atoms with Crippen molar-refractivity contribution in [2.45, 2.75) is 109 Å². The number of amides is 3. The Bertz CT molecular complexity index is 921. The van der Waals surface area contributed by atoms with Gasteiger partial charge < -0.3 is 45.4 Å². The van der Waals surface area contributed by atoms with Gasteiger partial charge in [0, 0.05) is 26.1 Å². The van der Waals surface area contributed by atoms with Crippen molar-refractivity contribution in [1.82, 2.24) is 16.0 Å². The van der Waals surface area contributed by atoms with Crippen LogP contribution in [0, 0.1) is 11.8 Å². The number of methoxy groups -OCH3 is 1. The van der Waals surface area contributed by atoms with Crippen LogP contribution in [0.15, 0.2) is 11.6 Å². The predicted molar refractivity (Wildman–Crippen MR) is 157 cm³/mol. The van der Waals surface area contributed by atoms with E-state index in [1.165, 1.54) is 5.57 Å². The van der Waals surface area contributed by atoms with Crippen molar-refractivity contribution in [2.75, 3.05) is 40.0 Å². The molecule has 3 fully saturated rings. The van der Waals surface area contributed by atoms with Crippen LogP contribution in [-0.2, 0) is 28.5 Å². The van der Waals surface area contributed by atoms with Gasteiger partial charge in [0.05, 0.1) is 37.0 Å². The van der Waals surface area contributed by atoms with Crippen LogP contribution >= 0.6 is 0 Å². The SMILES string of the molecule is COC1C(OC(=O)N[C@@H](COC(=O)NCCCCCCNC(=O)CN)C(C)C)CCC2(CO2)C1C1OC1CC=C(C)C. The zero-order valence-electron chi connectivity index (χ0n) is 25.9. The number of allylic oxidation sites excluding steroid dienone is 1. The second-order valence-electron chi connectivity index (χ2n) is 12.2. The molecule has 0 radical (unpaired) electrons. The number of carbonyl (C=O) groups excluding carboxylic acids is 3. The Kier molecular flexibility index (Phi) is 13.3. The van der Waals surface area contributed by atoms with Crippen LogP contribution in [0.25, 0.3) is 0 Å². The van der Waals surface area contributed by atoms with Gasteiger partial charge in [0.1, 0.15) is 18.8 Å². The Balaban J connectivity index is 1.39. The van der Waals surface area contributed by atoms with E-state index in [0.717, 1.165) is 38.5 Å². The molecule has 3 aliphatic rings. The largest absolute Gasteiger partial charge is 0.447 e. The summed E-state index contributed by atoms with van der Waals surface area (Å²) < 4.78 is 29.2. The minimum atomic E-state index is -0.559. The first kappa shape index (κ1) is 34.1. The second kappa shape index (κ2) is 16.4. The molecule has 2 saturated heterocycles. The van der Waals surface area contributed by atoms with E-state index < -0.39 is 24.3 Å². The maximum absolute atomic E-state index is 13.0. The van der Waals surface area contributed by atoms with Crippen LogP contribution in [0.5, 0.6) is 0 Å². The average molecular weight is 597 g/mol. The number of nitrogens with one attached hydrogen (secondary N) is 3. The first-order valence-corrected chi connectivity index (χ1v) is 15.4. The highest BCUT2D eigenvalue weighted by Crippen LogP contribution is 2.54. The second-order valence-corrected chi connectivity index (χ2v) is 12.2. The fraction of sp³-hybridized carbons (Fsp3) is 0.833. The van der Waals surface area contributed by atoms with Gasteiger partial charge >= 0.3 is 12.2 Å². The molecule has 3 rings (SSSR count). The molecule has 1 aliphatic carbocycles. The molecule has 6 unspecified atom stereocenters. The third-order valence-corrected chi connectivity index (χ3v) is 8.34. The van der Waals surface area contributed by atoms with Gasteiger partial charge in [0.25, 0.3) is 0 Å². The smallest absolute Gasteiger partial charge is 0.407 e. The molecule has 0 bridgehead atoms. The number of epoxide rings is 2. The fourth-order valence-corrected chi connectivity index (χ4v) is 5.64. The molecule has 3 amide bonds. The molecule has 0 aromatic heterocycles. The molecule has 5 N–H and O–H groups in total. The summed E-state index contributed by atoms with van der Waals surface area (Å²) in [7, 11) is 1.65. The molecule has 12 heteroatoms. The van der Waals surface area contributed by atoms with Crippen molar-refractivity contribution < 1.29 is 38.1 Å². The van der Waals surface area contributed by atoms with Gasteiger partial charge in [0.15, 0.2) is 0 Å². The lowest BCUT2D eigenvalue weighted by Crippen LogP contribution is -2.54. The molecule has 0 aromatic carbocycles. The Morgan fingerprint density at radius 2 is 1.76 bits per heavy atom. The van der Waals surface area contributed by atoms with Crippen LogP contribution in [0.4, 0.5) is 9.59 Å². The van der Waals surface area contributed by atoms with Gasteiger partial charge in [-0.15, -0.1) is 0 Å². The quantitative estimate of drug-likeness (QED) is 0.112. The number of carbonyl (C=O) groups is 3. The molecule has 1 saturated carbocycles. The van der Waals surface area contributed by atoms with Crippen molar-refractivity contribution in [3.63, 3.8) is 0 Å². The number of rotatable bonds is 17. The number of nitrogens with two attached hydrogens (primary N) is 1. The maximum Gasteiger partial charge on any atom is 0.407 e. The van der Waals surface area contributed by atoms with Crippen LogP contribution < -0.4 is 21.7 Å². The molecule has 7 atom stereocenters. The van der Waals surface area contributed by atoms with Gasteiger partial charge in [-0.2, -0.15) is 0 Å². The molecular formula is C30H52N4O8. The number of unbranched alkanes of at least 4 members (excludes halogenated alkanes) is 3. The Morgan fingerprint density at radius 3 is 2.36 bits per heavy atom. The van der Waals surface area contributed by atoms with E-state index in [1.807, 2.05) is 13.8 Å². The number of alkyl carbamates (subject to hydrolysis) is 2. The highest BCUT2D eigenvalue weighted by atomic mass is 16.6. The summed E-state index contributed by atoms with van der Waals surface area (Å²) in [6.45, 7) is 9.84. The number of ether oxygens (including phenoxy) is 5. The van der Waals surface area contributed by atoms with E-state index in [0.29, 0.717) is 26.1 Å². The Morgan fingerprint density at radius 1 is 1.07 bits per heavy atom. The predicted octanol–water partition coefficient (Wildman–Crippen LogP) is 2.79. The maximum atomic E-state index is 13.0. The van der Waals surface area contributed by atoms with Crippen LogP contribution in [0.3, 0.4) is 0 Å². The Labute approximate surface area is 250 Å². The summed E-state index contributed by atoms with van der Waals surface area (Å²) in [5.41, 5.74) is 6.25. The molecular weight excluding hydrogens is 544 g/mol. The van der Waals surface area contributed by atoms with Crippen molar-refractivity contribution >= 4 is 18.1 Å². The summed E-state index contributed by atoms with van der Waals surface area (Å²) in [5, 5.41) is 8.36. The van der Waals surface area contributed by atoms with Crippen LogP contribution in [0.1, 0.15) is 72.6 Å². The lowest BCUT2D eigenvalue weighted by atomic mass is 9.73. The van der Waals surface area contributed by atoms with Gasteiger partial charge in [0.2, 0.25) is 5.91 Å². The summed E-state index contributed by atoms with van der Waals surface area (Å²) >= 11 is 0. The van der Waals surface area contributed by atoms with E-state index in [-0.39, 0.29) is 54.8 Å². The van der Waals surface area contributed by atoms with Crippen molar-refractivity contribution in [3.05, 3.63) is 11.6 Å². The van der Waals surface area contributed by atoms with E-state index in [9.17, 15) is 14.4 Å². The number of hydrogen-bond acceptors (Lipinski definition) is 9. The highest BCUT2D eigenvalue weighted by Gasteiger charge is 2.66. The van der Waals surface area contributed by atoms with E-state index in [2.05, 4.69) is 35.9 Å². The number of hydrogen-bond donors (Lipinski definition) is 4. The standard InChI is InChI=1S/C30H52N4O8/c1-19(2)10-11-22-27(41-22)25-26(38-5)23(12-13-30(25)18-40-30)42-29(37)34-21(20(3)4)17-39-28(36)33-15-9-7-6-8-14-32-24(35)16-31/h10,20-23,25-27H,6-9,11-18,31H2,1-5H3,(H,32,35)(H,33,36)(H,34,37)/t21-,22?,23?,25?,26?,27?,30?/m0/s1. The molecule has 0 aromatic rings. The third kappa shape index (κ3) is 10.4. The molecule has 2 aliphatic heterocycles. The van der Waals surface area contributed by atoms with Gasteiger partial charge in [-0.1, -0.05) is 38.3 Å². The molecule has 2 heterocycles. The van der Waals surface area contributed by atoms with Gasteiger partial charge in [-0.3, -0.25) is 4.79 Å². The Hall–Kier alpha value is -2.41. The monoisotopic (exact) mass is 596 g/mol. The average Bonchev–Trinajstić information content (AvgIpc) is 3.89. The molecule has 42 heavy (non-hydrogen) atoms. The lowest BCUT2D eigenvalue weighted by Gasteiger charge is -2.40. The minimum Gasteiger partial charge on any atom is -0.447 e. The van der Waals surface area contributed by atoms with Crippen molar-refractivity contribution in [1.29, 1.82) is 0 Å². The van der Waals surface area contributed by atoms with Gasteiger partial charge in [-0.05, 0) is 51.9 Å². The first-order valence-electron chi connectivity index (χ1n) is 15.4. The molecule has 1 spiro atoms. The van der Waals surface area contributed by atoms with Gasteiger partial charge in [-0.25, -0.2) is 9.59 Å². The summed E-state index contributed by atoms with van der Waals surface area (Å²) in [6.07, 6.45) is 6.26.